The molecule has 96 valence electrons. The number of rotatable bonds is 3. The maximum atomic E-state index is 5.94. The second kappa shape index (κ2) is 5.12. The summed E-state index contributed by atoms with van der Waals surface area (Å²) in [6.45, 7) is 3.78. The average Bonchev–Trinajstić information content (AvgIpc) is 2.56. The van der Waals surface area contributed by atoms with Crippen molar-refractivity contribution in [3.05, 3.63) is 28.4 Å². The minimum absolute atomic E-state index is 0.188. The van der Waals surface area contributed by atoms with Crippen LogP contribution in [0.3, 0.4) is 0 Å². The van der Waals surface area contributed by atoms with Crippen molar-refractivity contribution in [3.8, 4) is 11.6 Å². The van der Waals surface area contributed by atoms with Crippen LogP contribution in [0.5, 0.6) is 11.6 Å². The lowest BCUT2D eigenvalue weighted by atomic mass is 10.3. The van der Waals surface area contributed by atoms with E-state index in [2.05, 4.69) is 15.1 Å². The minimum Gasteiger partial charge on any atom is -0.435 e. The first kappa shape index (κ1) is 13.1. The molecule has 0 radical (unpaired) electrons. The number of aryl methyl sites for hydroxylation is 2. The lowest BCUT2D eigenvalue weighted by Crippen LogP contribution is -1.98. The van der Waals surface area contributed by atoms with Crippen LogP contribution < -0.4 is 4.74 Å². The number of hydrogen-bond donors (Lipinski definition) is 0. The minimum atomic E-state index is 0.188. The number of halogens is 2. The molecule has 0 aliphatic rings. The lowest BCUT2D eigenvalue weighted by Gasteiger charge is -2.08. The quantitative estimate of drug-likeness (QED) is 0.643. The predicted octanol–water partition coefficient (Wildman–Crippen LogP) is 3.01. The lowest BCUT2D eigenvalue weighted by molar-refractivity contribution is 0.449. The third kappa shape index (κ3) is 2.28. The molecule has 7 heteroatoms. The summed E-state index contributed by atoms with van der Waals surface area (Å²) >= 11 is 11.8. The van der Waals surface area contributed by atoms with Gasteiger partial charge >= 0.3 is 0 Å². The molecule has 0 saturated carbocycles. The average molecular weight is 287 g/mol. The molecule has 0 bridgehead atoms. The molecule has 0 saturated heterocycles. The summed E-state index contributed by atoms with van der Waals surface area (Å²) < 4.78 is 7.50. The molecule has 18 heavy (non-hydrogen) atoms. The topological polar surface area (TPSA) is 52.8 Å². The Bertz CT molecular complexity index is 583. The molecule has 0 unspecified atom stereocenters. The maximum Gasteiger partial charge on any atom is 0.228 e. The van der Waals surface area contributed by atoms with Crippen LogP contribution >= 0.6 is 23.2 Å². The Morgan fingerprint density at radius 3 is 2.61 bits per heavy atom. The first-order valence-electron chi connectivity index (χ1n) is 5.28. The summed E-state index contributed by atoms with van der Waals surface area (Å²) in [6, 6.07) is 0. The zero-order valence-electron chi connectivity index (χ0n) is 10.2. The maximum absolute atomic E-state index is 5.94. The second-order valence-electron chi connectivity index (χ2n) is 3.81. The summed E-state index contributed by atoms with van der Waals surface area (Å²) in [5.74, 6) is 1.22. The molecule has 2 aromatic heterocycles. The van der Waals surface area contributed by atoms with Gasteiger partial charge in [-0.15, -0.1) is 11.6 Å². The highest BCUT2D eigenvalue weighted by Crippen LogP contribution is 2.31. The first-order valence-corrected chi connectivity index (χ1v) is 6.19. The SMILES string of the molecule is Cc1nn(C)c(C)c1Oc1ncnc(Cl)c1CCl. The van der Waals surface area contributed by atoms with E-state index in [1.165, 1.54) is 6.33 Å². The Morgan fingerprint density at radius 2 is 2.06 bits per heavy atom. The Balaban J connectivity index is 2.43. The zero-order chi connectivity index (χ0) is 13.3. The van der Waals surface area contributed by atoms with E-state index in [0.29, 0.717) is 22.3 Å². The van der Waals surface area contributed by atoms with Crippen LogP contribution in [0, 0.1) is 13.8 Å². The summed E-state index contributed by atoms with van der Waals surface area (Å²) in [5.41, 5.74) is 2.26. The molecule has 2 heterocycles. The molecule has 2 rings (SSSR count). The summed E-state index contributed by atoms with van der Waals surface area (Å²) in [5, 5.41) is 4.57. The third-order valence-corrected chi connectivity index (χ3v) is 3.22. The van der Waals surface area contributed by atoms with Gasteiger partial charge < -0.3 is 4.74 Å². The van der Waals surface area contributed by atoms with Gasteiger partial charge in [-0.05, 0) is 13.8 Å². The molecule has 2 aromatic rings. The molecule has 0 aliphatic carbocycles. The van der Waals surface area contributed by atoms with Crippen LogP contribution in [0.4, 0.5) is 0 Å². The van der Waals surface area contributed by atoms with Crippen LogP contribution in [-0.4, -0.2) is 19.7 Å². The monoisotopic (exact) mass is 286 g/mol. The smallest absolute Gasteiger partial charge is 0.228 e. The molecule has 0 spiro atoms. The van der Waals surface area contributed by atoms with Crippen molar-refractivity contribution in [2.75, 3.05) is 0 Å². The highest BCUT2D eigenvalue weighted by molar-refractivity contribution is 6.31. The number of ether oxygens (including phenoxy) is 1. The Hall–Kier alpha value is -1.33. The van der Waals surface area contributed by atoms with Gasteiger partial charge in [0.15, 0.2) is 5.75 Å². The molecule has 0 N–H and O–H groups in total. The summed E-state index contributed by atoms with van der Waals surface area (Å²) in [7, 11) is 1.85. The molecule has 0 fully saturated rings. The highest BCUT2D eigenvalue weighted by Gasteiger charge is 2.16. The Labute approximate surface area is 115 Å². The van der Waals surface area contributed by atoms with Gasteiger partial charge in [-0.3, -0.25) is 4.68 Å². The fourth-order valence-corrected chi connectivity index (χ4v) is 2.08. The fraction of sp³-hybridized carbons (Fsp3) is 0.364. The number of aromatic nitrogens is 4. The molecule has 0 aromatic carbocycles. The number of hydrogen-bond acceptors (Lipinski definition) is 4. The van der Waals surface area contributed by atoms with E-state index < -0.39 is 0 Å². The molecular weight excluding hydrogens is 275 g/mol. The molecule has 5 nitrogen and oxygen atoms in total. The van der Waals surface area contributed by atoms with Gasteiger partial charge in [0, 0.05) is 7.05 Å². The van der Waals surface area contributed by atoms with Gasteiger partial charge in [-0.25, -0.2) is 9.97 Å². The molecular formula is C11H12Cl2N4O. The number of alkyl halides is 1. The van der Waals surface area contributed by atoms with Crippen molar-refractivity contribution in [2.45, 2.75) is 19.7 Å². The first-order chi connectivity index (χ1) is 8.54. The third-order valence-electron chi connectivity index (χ3n) is 2.63. The van der Waals surface area contributed by atoms with Gasteiger partial charge in [-0.1, -0.05) is 11.6 Å². The zero-order valence-corrected chi connectivity index (χ0v) is 11.7. The second-order valence-corrected chi connectivity index (χ2v) is 4.43. The van der Waals surface area contributed by atoms with Crippen molar-refractivity contribution >= 4 is 23.2 Å². The van der Waals surface area contributed by atoms with E-state index in [1.54, 1.807) is 4.68 Å². The molecule has 0 atom stereocenters. The van der Waals surface area contributed by atoms with E-state index >= 15 is 0 Å². The van der Waals surface area contributed by atoms with E-state index in [0.717, 1.165) is 11.4 Å². The largest absolute Gasteiger partial charge is 0.435 e. The van der Waals surface area contributed by atoms with Crippen molar-refractivity contribution in [2.24, 2.45) is 7.05 Å². The highest BCUT2D eigenvalue weighted by atomic mass is 35.5. The van der Waals surface area contributed by atoms with Gasteiger partial charge in [0.05, 0.1) is 17.1 Å². The fourth-order valence-electron chi connectivity index (χ4n) is 1.57. The van der Waals surface area contributed by atoms with Crippen LogP contribution in [-0.2, 0) is 12.9 Å². The van der Waals surface area contributed by atoms with Crippen molar-refractivity contribution < 1.29 is 4.74 Å². The van der Waals surface area contributed by atoms with Gasteiger partial charge in [-0.2, -0.15) is 5.10 Å². The van der Waals surface area contributed by atoms with Crippen LogP contribution in [0.2, 0.25) is 5.15 Å². The van der Waals surface area contributed by atoms with Crippen molar-refractivity contribution in [3.63, 3.8) is 0 Å². The van der Waals surface area contributed by atoms with E-state index in [1.807, 2.05) is 20.9 Å². The van der Waals surface area contributed by atoms with Crippen LogP contribution in [0.25, 0.3) is 0 Å². The molecule has 0 amide bonds. The summed E-state index contributed by atoms with van der Waals surface area (Å²) in [4.78, 5) is 7.93. The number of nitrogens with zero attached hydrogens (tertiary/aromatic N) is 4. The normalized spacial score (nSPS) is 10.7. The van der Waals surface area contributed by atoms with Gasteiger partial charge in [0.1, 0.15) is 17.2 Å². The Morgan fingerprint density at radius 1 is 1.33 bits per heavy atom. The van der Waals surface area contributed by atoms with E-state index in [-0.39, 0.29) is 5.88 Å². The van der Waals surface area contributed by atoms with Gasteiger partial charge in [0.25, 0.3) is 0 Å². The van der Waals surface area contributed by atoms with E-state index in [9.17, 15) is 0 Å². The standard InChI is InChI=1S/C11H12Cl2N4O/c1-6-9(7(2)17(3)16-6)18-11-8(4-12)10(13)14-5-15-11/h5H,4H2,1-3H3. The van der Waals surface area contributed by atoms with E-state index in [4.69, 9.17) is 27.9 Å². The summed E-state index contributed by atoms with van der Waals surface area (Å²) in [6.07, 6.45) is 1.34. The van der Waals surface area contributed by atoms with Crippen LogP contribution in [0.15, 0.2) is 6.33 Å². The molecule has 0 aliphatic heterocycles. The van der Waals surface area contributed by atoms with Crippen LogP contribution in [0.1, 0.15) is 17.0 Å². The van der Waals surface area contributed by atoms with Crippen molar-refractivity contribution in [1.29, 1.82) is 0 Å². The Kier molecular flexibility index (Phi) is 3.73. The predicted molar refractivity (Wildman–Crippen MR) is 69.4 cm³/mol. The van der Waals surface area contributed by atoms with Gasteiger partial charge in [0.2, 0.25) is 5.88 Å². The van der Waals surface area contributed by atoms with Crippen molar-refractivity contribution in [1.82, 2.24) is 19.7 Å².